The summed E-state index contributed by atoms with van der Waals surface area (Å²) in [5, 5.41) is 3.57. The molecule has 1 aliphatic rings. The first-order chi connectivity index (χ1) is 12.8. The summed E-state index contributed by atoms with van der Waals surface area (Å²) in [6.45, 7) is 5.42. The lowest BCUT2D eigenvalue weighted by Gasteiger charge is -2.26. The number of rotatable bonds is 6. The average Bonchev–Trinajstić information content (AvgIpc) is 3.08. The molecule has 0 saturated carbocycles. The number of hydrogen-bond donors (Lipinski definition) is 1. The van der Waals surface area contributed by atoms with Crippen LogP contribution >= 0.6 is 0 Å². The van der Waals surface area contributed by atoms with E-state index in [1.54, 1.807) is 19.5 Å². The molecule has 0 radical (unpaired) electrons. The SMILES string of the molecule is COc1cccc(-c2nc3cnccn3c2NCCN2CCOCC2)c1. The van der Waals surface area contributed by atoms with Crippen molar-refractivity contribution < 1.29 is 9.47 Å². The van der Waals surface area contributed by atoms with E-state index < -0.39 is 0 Å². The largest absolute Gasteiger partial charge is 0.497 e. The summed E-state index contributed by atoms with van der Waals surface area (Å²) in [6.07, 6.45) is 5.48. The third-order valence-electron chi connectivity index (χ3n) is 4.60. The van der Waals surface area contributed by atoms with Crippen LogP contribution in [0, 0.1) is 0 Å². The van der Waals surface area contributed by atoms with Gasteiger partial charge in [0, 0.05) is 44.1 Å². The summed E-state index contributed by atoms with van der Waals surface area (Å²) in [4.78, 5) is 11.4. The minimum Gasteiger partial charge on any atom is -0.497 e. The number of anilines is 1. The van der Waals surface area contributed by atoms with E-state index in [0.717, 1.165) is 67.9 Å². The molecule has 0 amide bonds. The van der Waals surface area contributed by atoms with Crippen LogP contribution in [-0.4, -0.2) is 65.8 Å². The molecule has 7 heteroatoms. The van der Waals surface area contributed by atoms with Crippen molar-refractivity contribution in [2.75, 3.05) is 51.8 Å². The molecule has 26 heavy (non-hydrogen) atoms. The number of morpholine rings is 1. The standard InChI is InChI=1S/C19H23N5O2/c1-25-16-4-2-3-15(13-16)18-19(24-8-5-20-14-17(24)22-18)21-6-7-23-9-11-26-12-10-23/h2-5,8,13-14,21H,6-7,9-12H2,1H3. The van der Waals surface area contributed by atoms with Gasteiger partial charge in [-0.05, 0) is 12.1 Å². The number of hydrogen-bond acceptors (Lipinski definition) is 6. The highest BCUT2D eigenvalue weighted by atomic mass is 16.5. The number of ether oxygens (including phenoxy) is 2. The van der Waals surface area contributed by atoms with E-state index in [4.69, 9.17) is 14.5 Å². The van der Waals surface area contributed by atoms with Crippen molar-refractivity contribution in [1.82, 2.24) is 19.3 Å². The maximum Gasteiger partial charge on any atom is 0.157 e. The Morgan fingerprint density at radius 2 is 2.15 bits per heavy atom. The number of nitrogens with zero attached hydrogens (tertiary/aromatic N) is 4. The van der Waals surface area contributed by atoms with Crippen molar-refractivity contribution in [1.29, 1.82) is 0 Å². The zero-order valence-corrected chi connectivity index (χ0v) is 14.9. The summed E-state index contributed by atoms with van der Waals surface area (Å²) in [6, 6.07) is 7.97. The van der Waals surface area contributed by atoms with Crippen molar-refractivity contribution in [3.63, 3.8) is 0 Å². The first-order valence-electron chi connectivity index (χ1n) is 8.85. The fourth-order valence-electron chi connectivity index (χ4n) is 3.20. The Labute approximate surface area is 152 Å². The fraction of sp³-hybridized carbons (Fsp3) is 0.368. The van der Waals surface area contributed by atoms with Gasteiger partial charge < -0.3 is 14.8 Å². The first kappa shape index (κ1) is 16.8. The average molecular weight is 353 g/mol. The van der Waals surface area contributed by atoms with Crippen molar-refractivity contribution in [3.8, 4) is 17.0 Å². The first-order valence-corrected chi connectivity index (χ1v) is 8.85. The number of methoxy groups -OCH3 is 1. The molecule has 1 fully saturated rings. The maximum absolute atomic E-state index is 5.41. The lowest BCUT2D eigenvalue weighted by atomic mass is 10.1. The summed E-state index contributed by atoms with van der Waals surface area (Å²) in [5.74, 6) is 1.79. The van der Waals surface area contributed by atoms with Gasteiger partial charge in [0.25, 0.3) is 0 Å². The molecule has 3 aromatic rings. The summed E-state index contributed by atoms with van der Waals surface area (Å²) >= 11 is 0. The van der Waals surface area contributed by atoms with Gasteiger partial charge in [-0.2, -0.15) is 0 Å². The second-order valence-corrected chi connectivity index (χ2v) is 6.23. The Hall–Kier alpha value is -2.64. The van der Waals surface area contributed by atoms with Crippen LogP contribution in [0.3, 0.4) is 0 Å². The van der Waals surface area contributed by atoms with E-state index in [-0.39, 0.29) is 0 Å². The highest BCUT2D eigenvalue weighted by Gasteiger charge is 2.15. The van der Waals surface area contributed by atoms with Crippen LogP contribution in [0.2, 0.25) is 0 Å². The van der Waals surface area contributed by atoms with Gasteiger partial charge in [0.1, 0.15) is 17.3 Å². The van der Waals surface area contributed by atoms with Crippen molar-refractivity contribution >= 4 is 11.5 Å². The highest BCUT2D eigenvalue weighted by Crippen LogP contribution is 2.30. The molecule has 1 aromatic carbocycles. The van der Waals surface area contributed by atoms with Crippen molar-refractivity contribution in [2.24, 2.45) is 0 Å². The third kappa shape index (κ3) is 3.49. The van der Waals surface area contributed by atoms with E-state index >= 15 is 0 Å². The van der Waals surface area contributed by atoms with Crippen molar-refractivity contribution in [3.05, 3.63) is 42.9 Å². The Bertz CT molecular complexity index is 873. The number of aromatic nitrogens is 3. The molecule has 0 atom stereocenters. The monoisotopic (exact) mass is 353 g/mol. The lowest BCUT2D eigenvalue weighted by molar-refractivity contribution is 0.0398. The minimum atomic E-state index is 0.816. The molecular weight excluding hydrogens is 330 g/mol. The van der Waals surface area contributed by atoms with Gasteiger partial charge in [0.05, 0.1) is 26.5 Å². The number of fused-ring (bicyclic) bond motifs is 1. The second-order valence-electron chi connectivity index (χ2n) is 6.23. The normalized spacial score (nSPS) is 15.3. The Morgan fingerprint density at radius 1 is 1.27 bits per heavy atom. The van der Waals surface area contributed by atoms with Gasteiger partial charge in [-0.3, -0.25) is 14.3 Å². The second kappa shape index (κ2) is 7.72. The zero-order chi connectivity index (χ0) is 17.8. The lowest BCUT2D eigenvalue weighted by Crippen LogP contribution is -2.39. The van der Waals surface area contributed by atoms with Gasteiger partial charge >= 0.3 is 0 Å². The van der Waals surface area contributed by atoms with Crippen LogP contribution in [0.1, 0.15) is 0 Å². The van der Waals surface area contributed by atoms with E-state index in [2.05, 4.69) is 15.2 Å². The van der Waals surface area contributed by atoms with Gasteiger partial charge in [0.2, 0.25) is 0 Å². The van der Waals surface area contributed by atoms with E-state index in [1.807, 2.05) is 34.9 Å². The van der Waals surface area contributed by atoms with Crippen LogP contribution < -0.4 is 10.1 Å². The fourth-order valence-corrected chi connectivity index (χ4v) is 3.20. The number of nitrogens with one attached hydrogen (secondary N) is 1. The molecule has 2 aromatic heterocycles. The quantitative estimate of drug-likeness (QED) is 0.733. The number of imidazole rings is 1. The zero-order valence-electron chi connectivity index (χ0n) is 14.9. The topological polar surface area (TPSA) is 63.9 Å². The summed E-state index contributed by atoms with van der Waals surface area (Å²) in [5.41, 5.74) is 2.74. The third-order valence-corrected chi connectivity index (χ3v) is 4.60. The van der Waals surface area contributed by atoms with Crippen molar-refractivity contribution in [2.45, 2.75) is 0 Å². The predicted molar refractivity (Wildman–Crippen MR) is 101 cm³/mol. The highest BCUT2D eigenvalue weighted by molar-refractivity contribution is 5.77. The van der Waals surface area contributed by atoms with E-state index in [0.29, 0.717) is 0 Å². The van der Waals surface area contributed by atoms with E-state index in [9.17, 15) is 0 Å². The van der Waals surface area contributed by atoms with E-state index in [1.165, 1.54) is 0 Å². The Balaban J connectivity index is 1.61. The molecule has 3 heterocycles. The molecule has 1 saturated heterocycles. The van der Waals surface area contributed by atoms with Gasteiger partial charge in [-0.1, -0.05) is 12.1 Å². The molecule has 1 N–H and O–H groups in total. The van der Waals surface area contributed by atoms with Crippen LogP contribution in [0.5, 0.6) is 5.75 Å². The molecule has 1 aliphatic heterocycles. The van der Waals surface area contributed by atoms with Crippen LogP contribution in [0.15, 0.2) is 42.9 Å². The molecule has 136 valence electrons. The predicted octanol–water partition coefficient (Wildman–Crippen LogP) is 2.15. The Morgan fingerprint density at radius 3 is 3.00 bits per heavy atom. The molecule has 0 aliphatic carbocycles. The van der Waals surface area contributed by atoms with Crippen LogP contribution in [0.25, 0.3) is 16.9 Å². The smallest absolute Gasteiger partial charge is 0.157 e. The Kier molecular flexibility index (Phi) is 4.99. The molecular formula is C19H23N5O2. The van der Waals surface area contributed by atoms with Crippen LogP contribution in [-0.2, 0) is 4.74 Å². The number of benzene rings is 1. The van der Waals surface area contributed by atoms with Gasteiger partial charge in [0.15, 0.2) is 5.65 Å². The van der Waals surface area contributed by atoms with Crippen LogP contribution in [0.4, 0.5) is 5.82 Å². The summed E-state index contributed by atoms with van der Waals surface area (Å²) < 4.78 is 12.8. The molecule has 0 bridgehead atoms. The maximum atomic E-state index is 5.41. The minimum absolute atomic E-state index is 0.816. The summed E-state index contributed by atoms with van der Waals surface area (Å²) in [7, 11) is 1.67. The molecule has 0 unspecified atom stereocenters. The molecule has 0 spiro atoms. The van der Waals surface area contributed by atoms with Gasteiger partial charge in [-0.15, -0.1) is 0 Å². The molecule has 4 rings (SSSR count). The van der Waals surface area contributed by atoms with Gasteiger partial charge in [-0.25, -0.2) is 4.98 Å². The molecule has 7 nitrogen and oxygen atoms in total.